The second kappa shape index (κ2) is 18.8. The van der Waals surface area contributed by atoms with E-state index in [1.807, 2.05) is 0 Å². The van der Waals surface area contributed by atoms with Gasteiger partial charge in [0.15, 0.2) is 0 Å². The van der Waals surface area contributed by atoms with Gasteiger partial charge in [-0.3, -0.25) is 9.05 Å². The van der Waals surface area contributed by atoms with Gasteiger partial charge in [-0.25, -0.2) is 9.65 Å². The highest BCUT2D eigenvalue weighted by Crippen LogP contribution is 2.44. The molecule has 0 saturated heterocycles. The Morgan fingerprint density at radius 3 is 1.34 bits per heavy atom. The number of unbranched alkanes of at least 4 members (excludes halogenated alkanes) is 6. The van der Waals surface area contributed by atoms with Crippen LogP contribution >= 0.6 is 7.75 Å². The lowest BCUT2D eigenvalue weighted by atomic mass is 10.1. The molecule has 0 amide bonds. The molecule has 0 rings (SSSR count). The van der Waals surface area contributed by atoms with Crippen LogP contribution in [0.4, 0.5) is 0 Å². The van der Waals surface area contributed by atoms with Crippen molar-refractivity contribution in [2.45, 2.75) is 119 Å². The third-order valence-electron chi connectivity index (χ3n) is 5.14. The number of rotatable bonds is 21. The van der Waals surface area contributed by atoms with Gasteiger partial charge in [-0.2, -0.15) is 0 Å². The fourth-order valence-corrected chi connectivity index (χ4v) is 4.66. The topological polar surface area (TPSA) is 47.6 Å². The van der Waals surface area contributed by atoms with Gasteiger partial charge in [0.05, 0.1) is 13.2 Å². The Bertz CT molecular complexity index is 343. The minimum Gasteiger partial charge on any atom is -0.297 e. The minimum atomic E-state index is -3.17. The van der Waals surface area contributed by atoms with E-state index in [2.05, 4.69) is 46.6 Å². The Balaban J connectivity index is 4.15. The lowest BCUT2D eigenvalue weighted by Crippen LogP contribution is -2.17. The summed E-state index contributed by atoms with van der Waals surface area (Å²) in [4.78, 5) is 0. The lowest BCUT2D eigenvalue weighted by molar-refractivity contribution is 0.188. The maximum absolute atomic E-state index is 13.1. The highest BCUT2D eigenvalue weighted by Gasteiger charge is 2.23. The standard InChI is InChI=1S/C24H52NO3P/c1-22(2)16-10-7-13-19-25-29(26,27-20-14-8-11-17-23(3)4)28-21-15-9-12-18-24(5)6/h22-24H,7-21H2,1-6H3,(H,25,26). The molecule has 0 aromatic carbocycles. The van der Waals surface area contributed by atoms with E-state index >= 15 is 0 Å². The first kappa shape index (κ1) is 29.1. The average molecular weight is 434 g/mol. The largest absolute Gasteiger partial charge is 0.405 e. The molecule has 29 heavy (non-hydrogen) atoms. The second-order valence-electron chi connectivity index (χ2n) is 9.80. The first-order valence-electron chi connectivity index (χ1n) is 12.4. The number of nitrogens with one attached hydrogen (secondary N) is 1. The molecule has 0 atom stereocenters. The second-order valence-corrected chi connectivity index (χ2v) is 11.6. The van der Waals surface area contributed by atoms with Crippen molar-refractivity contribution in [1.82, 2.24) is 5.09 Å². The van der Waals surface area contributed by atoms with Gasteiger partial charge in [-0.05, 0) is 37.0 Å². The zero-order valence-electron chi connectivity index (χ0n) is 20.5. The summed E-state index contributed by atoms with van der Waals surface area (Å²) in [5, 5.41) is 3.11. The molecule has 0 heterocycles. The number of hydrogen-bond donors (Lipinski definition) is 1. The van der Waals surface area contributed by atoms with Crippen molar-refractivity contribution in [2.24, 2.45) is 17.8 Å². The van der Waals surface area contributed by atoms with Crippen LogP contribution in [-0.4, -0.2) is 19.8 Å². The zero-order valence-corrected chi connectivity index (χ0v) is 21.4. The first-order valence-corrected chi connectivity index (χ1v) is 13.9. The average Bonchev–Trinajstić information content (AvgIpc) is 2.63. The molecule has 4 nitrogen and oxygen atoms in total. The minimum absolute atomic E-state index is 0.517. The van der Waals surface area contributed by atoms with Gasteiger partial charge in [0.2, 0.25) is 0 Å². The van der Waals surface area contributed by atoms with Crippen LogP contribution in [-0.2, 0) is 13.6 Å². The van der Waals surface area contributed by atoms with Gasteiger partial charge in [0.25, 0.3) is 0 Å². The Labute approximate surface area is 182 Å². The van der Waals surface area contributed by atoms with Crippen LogP contribution in [0.2, 0.25) is 0 Å². The molecule has 0 saturated carbocycles. The predicted octanol–water partition coefficient (Wildman–Crippen LogP) is 8.37. The summed E-state index contributed by atoms with van der Waals surface area (Å²) in [6.07, 6.45) is 13.8. The highest BCUT2D eigenvalue weighted by atomic mass is 31.2. The summed E-state index contributed by atoms with van der Waals surface area (Å²) >= 11 is 0. The van der Waals surface area contributed by atoms with Gasteiger partial charge in [-0.1, -0.05) is 99.3 Å². The molecule has 0 spiro atoms. The van der Waals surface area contributed by atoms with Crippen LogP contribution in [0.3, 0.4) is 0 Å². The van der Waals surface area contributed by atoms with Gasteiger partial charge < -0.3 is 0 Å². The van der Waals surface area contributed by atoms with Crippen molar-refractivity contribution < 1.29 is 13.6 Å². The normalized spacial score (nSPS) is 12.6. The molecular formula is C24H52NO3P. The zero-order chi connectivity index (χ0) is 22.0. The molecule has 0 aromatic heterocycles. The maximum atomic E-state index is 13.1. The van der Waals surface area contributed by atoms with E-state index in [9.17, 15) is 4.57 Å². The molecule has 0 unspecified atom stereocenters. The Kier molecular flexibility index (Phi) is 18.9. The molecule has 0 fully saturated rings. The molecule has 0 aliphatic rings. The fraction of sp³-hybridized carbons (Fsp3) is 1.00. The molecule has 0 bridgehead atoms. The van der Waals surface area contributed by atoms with Gasteiger partial charge in [0, 0.05) is 6.54 Å². The van der Waals surface area contributed by atoms with Crippen LogP contribution in [0.5, 0.6) is 0 Å². The summed E-state index contributed by atoms with van der Waals surface area (Å²) in [6.45, 7) is 15.3. The van der Waals surface area contributed by atoms with Crippen molar-refractivity contribution in [3.63, 3.8) is 0 Å². The van der Waals surface area contributed by atoms with E-state index in [1.165, 1.54) is 38.5 Å². The van der Waals surface area contributed by atoms with E-state index in [0.717, 1.165) is 56.3 Å². The maximum Gasteiger partial charge on any atom is 0.405 e. The quantitative estimate of drug-likeness (QED) is 0.146. The van der Waals surface area contributed by atoms with Crippen LogP contribution in [0, 0.1) is 17.8 Å². The molecule has 0 aliphatic carbocycles. The lowest BCUT2D eigenvalue weighted by Gasteiger charge is -2.19. The van der Waals surface area contributed by atoms with E-state index in [-0.39, 0.29) is 0 Å². The van der Waals surface area contributed by atoms with E-state index < -0.39 is 7.75 Å². The van der Waals surface area contributed by atoms with Crippen molar-refractivity contribution in [3.05, 3.63) is 0 Å². The molecule has 0 aliphatic heterocycles. The highest BCUT2D eigenvalue weighted by molar-refractivity contribution is 7.51. The third kappa shape index (κ3) is 21.1. The van der Waals surface area contributed by atoms with Crippen LogP contribution < -0.4 is 5.09 Å². The van der Waals surface area contributed by atoms with Crippen molar-refractivity contribution >= 4 is 7.75 Å². The van der Waals surface area contributed by atoms with Gasteiger partial charge in [0.1, 0.15) is 0 Å². The van der Waals surface area contributed by atoms with Gasteiger partial charge >= 0.3 is 7.75 Å². The predicted molar refractivity (Wildman–Crippen MR) is 127 cm³/mol. The molecule has 1 N–H and O–H groups in total. The molecular weight excluding hydrogens is 381 g/mol. The Morgan fingerprint density at radius 1 is 0.586 bits per heavy atom. The summed E-state index contributed by atoms with van der Waals surface area (Å²) < 4.78 is 24.6. The van der Waals surface area contributed by atoms with Crippen LogP contribution in [0.15, 0.2) is 0 Å². The molecule has 5 heteroatoms. The summed E-state index contributed by atoms with van der Waals surface area (Å²) in [5.74, 6) is 2.25. The van der Waals surface area contributed by atoms with Crippen LogP contribution in [0.25, 0.3) is 0 Å². The fourth-order valence-electron chi connectivity index (χ4n) is 3.23. The van der Waals surface area contributed by atoms with Crippen molar-refractivity contribution in [3.8, 4) is 0 Å². The van der Waals surface area contributed by atoms with Gasteiger partial charge in [-0.15, -0.1) is 0 Å². The SMILES string of the molecule is CC(C)CCCCCNP(=O)(OCCCCCC(C)C)OCCCCCC(C)C. The van der Waals surface area contributed by atoms with Crippen molar-refractivity contribution in [2.75, 3.05) is 19.8 Å². The molecule has 176 valence electrons. The number of hydrogen-bond acceptors (Lipinski definition) is 3. The van der Waals surface area contributed by atoms with Crippen LogP contribution in [0.1, 0.15) is 119 Å². The van der Waals surface area contributed by atoms with E-state index in [4.69, 9.17) is 9.05 Å². The van der Waals surface area contributed by atoms with E-state index in [0.29, 0.717) is 19.8 Å². The smallest absolute Gasteiger partial charge is 0.297 e. The molecule has 0 radical (unpaired) electrons. The Hall–Kier alpha value is 0.110. The third-order valence-corrected chi connectivity index (χ3v) is 6.79. The van der Waals surface area contributed by atoms with E-state index in [1.54, 1.807) is 0 Å². The summed E-state index contributed by atoms with van der Waals surface area (Å²) in [7, 11) is -3.17. The van der Waals surface area contributed by atoms with Crippen molar-refractivity contribution in [1.29, 1.82) is 0 Å². The Morgan fingerprint density at radius 2 is 0.966 bits per heavy atom. The summed E-state index contributed by atoms with van der Waals surface area (Å²) in [6, 6.07) is 0. The monoisotopic (exact) mass is 433 g/mol. The molecule has 0 aromatic rings. The summed E-state index contributed by atoms with van der Waals surface area (Å²) in [5.41, 5.74) is 0. The first-order chi connectivity index (χ1) is 13.7.